The fraction of sp³-hybridized carbons (Fsp3) is 0.286. The molecule has 0 aliphatic heterocycles. The molecule has 0 aliphatic carbocycles. The highest BCUT2D eigenvalue weighted by Gasteiger charge is 2.12. The monoisotopic (exact) mass is 413 g/mol. The van der Waals surface area contributed by atoms with Crippen LogP contribution in [0.15, 0.2) is 47.6 Å². The Kier molecular flexibility index (Phi) is 7.13. The Labute approximate surface area is 174 Å². The summed E-state index contributed by atoms with van der Waals surface area (Å²) in [6.45, 7) is 2.86. The molecule has 0 radical (unpaired) electrons. The number of aromatic nitrogens is 3. The molecule has 29 heavy (non-hydrogen) atoms. The molecule has 0 aliphatic rings. The first kappa shape index (κ1) is 20.7. The fourth-order valence-corrected chi connectivity index (χ4v) is 3.43. The van der Waals surface area contributed by atoms with E-state index in [1.807, 2.05) is 42.8 Å². The predicted octanol–water partition coefficient (Wildman–Crippen LogP) is 3.87. The number of carbonyl (C=O) groups excluding carboxylic acids is 1. The van der Waals surface area contributed by atoms with Crippen LogP contribution >= 0.6 is 11.8 Å². The molecule has 0 saturated carbocycles. The van der Waals surface area contributed by atoms with Crippen LogP contribution in [0, 0.1) is 0 Å². The van der Waals surface area contributed by atoms with Crippen molar-refractivity contribution in [3.63, 3.8) is 0 Å². The zero-order valence-electron chi connectivity index (χ0n) is 16.6. The summed E-state index contributed by atoms with van der Waals surface area (Å²) in [7, 11) is 3.58. The summed E-state index contributed by atoms with van der Waals surface area (Å²) in [5.74, 6) is 3.47. The summed E-state index contributed by atoms with van der Waals surface area (Å²) in [4.78, 5) is 10.9. The molecule has 0 bridgehead atoms. The standard InChI is InChI=1S/C21H23N3O4S/c1-4-27-19-13-15(14-25)5-10-18(19)28-11-12-29-21-23-22-20(24(21)2)16-6-8-17(26-3)9-7-16/h5-10,13-14H,4,11-12H2,1-3H3. The Morgan fingerprint density at radius 2 is 1.86 bits per heavy atom. The molecule has 0 saturated heterocycles. The topological polar surface area (TPSA) is 75.5 Å². The van der Waals surface area contributed by atoms with Gasteiger partial charge in [-0.1, -0.05) is 11.8 Å². The Morgan fingerprint density at radius 1 is 1.07 bits per heavy atom. The number of nitrogens with zero attached hydrogens (tertiary/aromatic N) is 3. The smallest absolute Gasteiger partial charge is 0.191 e. The molecule has 1 heterocycles. The Balaban J connectivity index is 1.59. The molecular weight excluding hydrogens is 390 g/mol. The number of thioether (sulfide) groups is 1. The number of methoxy groups -OCH3 is 1. The van der Waals surface area contributed by atoms with Crippen LogP contribution < -0.4 is 14.2 Å². The van der Waals surface area contributed by atoms with Crippen LogP contribution in [0.4, 0.5) is 0 Å². The molecule has 0 amide bonds. The van der Waals surface area contributed by atoms with Crippen molar-refractivity contribution in [1.29, 1.82) is 0 Å². The van der Waals surface area contributed by atoms with Crippen LogP contribution in [0.5, 0.6) is 17.2 Å². The molecule has 0 N–H and O–H groups in total. The summed E-state index contributed by atoms with van der Waals surface area (Å²) in [5.41, 5.74) is 1.53. The molecule has 3 rings (SSSR count). The lowest BCUT2D eigenvalue weighted by Crippen LogP contribution is -2.04. The Bertz CT molecular complexity index is 957. The average Bonchev–Trinajstić information content (AvgIpc) is 3.12. The van der Waals surface area contributed by atoms with E-state index in [4.69, 9.17) is 14.2 Å². The summed E-state index contributed by atoms with van der Waals surface area (Å²) >= 11 is 1.56. The molecule has 0 atom stereocenters. The minimum atomic E-state index is 0.468. The van der Waals surface area contributed by atoms with Crippen LogP contribution in [0.25, 0.3) is 11.4 Å². The predicted molar refractivity (Wildman–Crippen MR) is 112 cm³/mol. The van der Waals surface area contributed by atoms with Gasteiger partial charge in [-0.25, -0.2) is 0 Å². The zero-order chi connectivity index (χ0) is 20.6. The van der Waals surface area contributed by atoms with E-state index in [0.717, 1.165) is 28.6 Å². The van der Waals surface area contributed by atoms with Gasteiger partial charge in [-0.15, -0.1) is 10.2 Å². The van der Waals surface area contributed by atoms with Crippen LogP contribution in [-0.4, -0.2) is 47.1 Å². The highest BCUT2D eigenvalue weighted by Crippen LogP contribution is 2.29. The second-order valence-corrected chi connectivity index (χ2v) is 7.11. The highest BCUT2D eigenvalue weighted by molar-refractivity contribution is 7.99. The minimum Gasteiger partial charge on any atom is -0.497 e. The van der Waals surface area contributed by atoms with Gasteiger partial charge in [0.1, 0.15) is 12.0 Å². The van der Waals surface area contributed by atoms with Crippen molar-refractivity contribution < 1.29 is 19.0 Å². The number of carbonyl (C=O) groups is 1. The van der Waals surface area contributed by atoms with E-state index in [1.165, 1.54) is 0 Å². The summed E-state index contributed by atoms with van der Waals surface area (Å²) < 4.78 is 18.5. The summed E-state index contributed by atoms with van der Waals surface area (Å²) in [6.07, 6.45) is 0.788. The lowest BCUT2D eigenvalue weighted by atomic mass is 10.2. The normalized spacial score (nSPS) is 10.6. The van der Waals surface area contributed by atoms with Gasteiger partial charge in [0.15, 0.2) is 22.5 Å². The maximum atomic E-state index is 10.9. The van der Waals surface area contributed by atoms with E-state index < -0.39 is 0 Å². The molecule has 2 aromatic carbocycles. The number of aldehydes is 1. The van der Waals surface area contributed by atoms with Gasteiger partial charge in [-0.3, -0.25) is 4.79 Å². The zero-order valence-corrected chi connectivity index (χ0v) is 17.4. The van der Waals surface area contributed by atoms with Crippen molar-refractivity contribution in [2.24, 2.45) is 7.05 Å². The number of ether oxygens (including phenoxy) is 3. The largest absolute Gasteiger partial charge is 0.497 e. The quantitative estimate of drug-likeness (QED) is 0.284. The van der Waals surface area contributed by atoms with Gasteiger partial charge in [0.2, 0.25) is 0 Å². The second kappa shape index (κ2) is 9.97. The number of hydrogen-bond acceptors (Lipinski definition) is 7. The van der Waals surface area contributed by atoms with Crippen molar-refractivity contribution in [2.75, 3.05) is 26.1 Å². The molecule has 1 aromatic heterocycles. The van der Waals surface area contributed by atoms with E-state index in [0.29, 0.717) is 36.0 Å². The molecular formula is C21H23N3O4S. The molecule has 0 unspecified atom stereocenters. The van der Waals surface area contributed by atoms with Crippen molar-refractivity contribution in [3.8, 4) is 28.6 Å². The SMILES string of the molecule is CCOc1cc(C=O)ccc1OCCSc1nnc(-c2ccc(OC)cc2)n1C. The molecule has 152 valence electrons. The minimum absolute atomic E-state index is 0.468. The average molecular weight is 413 g/mol. The van der Waals surface area contributed by atoms with E-state index in [2.05, 4.69) is 10.2 Å². The molecule has 0 spiro atoms. The van der Waals surface area contributed by atoms with Crippen molar-refractivity contribution in [3.05, 3.63) is 48.0 Å². The van der Waals surface area contributed by atoms with E-state index >= 15 is 0 Å². The van der Waals surface area contributed by atoms with Crippen molar-refractivity contribution in [2.45, 2.75) is 12.1 Å². The van der Waals surface area contributed by atoms with Crippen molar-refractivity contribution in [1.82, 2.24) is 14.8 Å². The highest BCUT2D eigenvalue weighted by atomic mass is 32.2. The number of rotatable bonds is 10. The fourth-order valence-electron chi connectivity index (χ4n) is 2.70. The van der Waals surface area contributed by atoms with Gasteiger partial charge in [0.25, 0.3) is 0 Å². The van der Waals surface area contributed by atoms with E-state index in [-0.39, 0.29) is 0 Å². The third-order valence-electron chi connectivity index (χ3n) is 4.16. The molecule has 3 aromatic rings. The van der Waals surface area contributed by atoms with Crippen LogP contribution in [-0.2, 0) is 7.05 Å². The summed E-state index contributed by atoms with van der Waals surface area (Å²) in [5, 5.41) is 9.37. The van der Waals surface area contributed by atoms with Gasteiger partial charge in [-0.05, 0) is 49.4 Å². The lowest BCUT2D eigenvalue weighted by Gasteiger charge is -2.12. The van der Waals surface area contributed by atoms with Crippen LogP contribution in [0.3, 0.4) is 0 Å². The van der Waals surface area contributed by atoms with Gasteiger partial charge < -0.3 is 18.8 Å². The molecule has 7 nitrogen and oxygen atoms in total. The first-order valence-electron chi connectivity index (χ1n) is 9.17. The maximum Gasteiger partial charge on any atom is 0.191 e. The van der Waals surface area contributed by atoms with Gasteiger partial charge in [-0.2, -0.15) is 0 Å². The Morgan fingerprint density at radius 3 is 2.55 bits per heavy atom. The van der Waals surface area contributed by atoms with Gasteiger partial charge in [0.05, 0.1) is 20.3 Å². The Hall–Kier alpha value is -3.00. The molecule has 8 heteroatoms. The second-order valence-electron chi connectivity index (χ2n) is 6.05. The van der Waals surface area contributed by atoms with E-state index in [1.54, 1.807) is 37.1 Å². The van der Waals surface area contributed by atoms with Gasteiger partial charge >= 0.3 is 0 Å². The lowest BCUT2D eigenvalue weighted by molar-refractivity contribution is 0.112. The van der Waals surface area contributed by atoms with Crippen LogP contribution in [0.2, 0.25) is 0 Å². The first-order chi connectivity index (χ1) is 14.2. The maximum absolute atomic E-state index is 10.9. The third-order valence-corrected chi connectivity index (χ3v) is 5.14. The third kappa shape index (κ3) is 5.08. The number of benzene rings is 2. The first-order valence-corrected chi connectivity index (χ1v) is 10.2. The summed E-state index contributed by atoms with van der Waals surface area (Å²) in [6, 6.07) is 12.9. The number of hydrogen-bond donors (Lipinski definition) is 0. The molecule has 0 fully saturated rings. The van der Waals surface area contributed by atoms with Gasteiger partial charge in [0, 0.05) is 23.9 Å². The van der Waals surface area contributed by atoms with Crippen LogP contribution in [0.1, 0.15) is 17.3 Å². The van der Waals surface area contributed by atoms with Crippen molar-refractivity contribution >= 4 is 18.0 Å². The van der Waals surface area contributed by atoms with E-state index in [9.17, 15) is 4.79 Å².